The molecule has 0 radical (unpaired) electrons. The number of benzene rings is 7. The first-order valence-corrected chi connectivity index (χ1v) is 16.4. The zero-order valence-corrected chi connectivity index (χ0v) is 26.6. The summed E-state index contributed by atoms with van der Waals surface area (Å²) in [6.45, 7) is 4.71. The van der Waals surface area contributed by atoms with Crippen molar-refractivity contribution in [1.82, 2.24) is 4.57 Å². The van der Waals surface area contributed by atoms with E-state index >= 15 is 0 Å². The van der Waals surface area contributed by atoms with Gasteiger partial charge in [0.05, 0.1) is 11.0 Å². The fourth-order valence-electron chi connectivity index (χ4n) is 7.77. The molecule has 0 amide bonds. The van der Waals surface area contributed by atoms with Gasteiger partial charge in [-0.1, -0.05) is 129 Å². The lowest BCUT2D eigenvalue weighted by Gasteiger charge is -2.29. The van der Waals surface area contributed by atoms with Gasteiger partial charge in [-0.25, -0.2) is 0 Å². The maximum Gasteiger partial charge on any atom is 0.0568 e. The SMILES string of the molecule is CC1(C)c2ccccc2-c2ccc(N(c3ccccc3)c3cc(-c4ccccc4)c4c5ccccc5n(-c5ccccc5)c4c3)cc21. The van der Waals surface area contributed by atoms with Crippen molar-refractivity contribution in [2.24, 2.45) is 0 Å². The van der Waals surface area contributed by atoms with Crippen LogP contribution in [0.5, 0.6) is 0 Å². The highest BCUT2D eigenvalue weighted by Crippen LogP contribution is 2.51. The highest BCUT2D eigenvalue weighted by atomic mass is 15.1. The molecule has 0 saturated carbocycles. The van der Waals surface area contributed by atoms with E-state index in [9.17, 15) is 0 Å². The minimum absolute atomic E-state index is 0.0941. The molecule has 1 aliphatic carbocycles. The fraction of sp³-hybridized carbons (Fsp3) is 0.0667. The van der Waals surface area contributed by atoms with Crippen molar-refractivity contribution in [3.05, 3.63) is 181 Å². The molecule has 2 nitrogen and oxygen atoms in total. The smallest absolute Gasteiger partial charge is 0.0568 e. The third-order valence-electron chi connectivity index (χ3n) is 9.95. The summed E-state index contributed by atoms with van der Waals surface area (Å²) >= 11 is 0. The van der Waals surface area contributed by atoms with Crippen LogP contribution in [0.3, 0.4) is 0 Å². The Morgan fingerprint density at radius 1 is 0.447 bits per heavy atom. The van der Waals surface area contributed by atoms with E-state index in [1.165, 1.54) is 55.2 Å². The van der Waals surface area contributed by atoms with Gasteiger partial charge in [-0.3, -0.25) is 0 Å². The molecule has 0 saturated heterocycles. The van der Waals surface area contributed by atoms with Crippen molar-refractivity contribution in [2.75, 3.05) is 4.90 Å². The molecule has 0 fully saturated rings. The quantitative estimate of drug-likeness (QED) is 0.190. The summed E-state index contributed by atoms with van der Waals surface area (Å²) < 4.78 is 2.42. The van der Waals surface area contributed by atoms with Crippen molar-refractivity contribution >= 4 is 38.9 Å². The van der Waals surface area contributed by atoms with Gasteiger partial charge in [0, 0.05) is 38.9 Å². The Kier molecular flexibility index (Phi) is 6.20. The summed E-state index contributed by atoms with van der Waals surface area (Å²) in [5.41, 5.74) is 14.7. The van der Waals surface area contributed by atoms with Gasteiger partial charge in [-0.15, -0.1) is 0 Å². The summed E-state index contributed by atoms with van der Waals surface area (Å²) in [4.78, 5) is 2.43. The van der Waals surface area contributed by atoms with Crippen LogP contribution in [-0.2, 0) is 5.41 Å². The number of fused-ring (bicyclic) bond motifs is 6. The second-order valence-corrected chi connectivity index (χ2v) is 13.0. The molecule has 0 N–H and O–H groups in total. The van der Waals surface area contributed by atoms with Crippen LogP contribution in [0.15, 0.2) is 170 Å². The van der Waals surface area contributed by atoms with Crippen LogP contribution < -0.4 is 4.90 Å². The van der Waals surface area contributed by atoms with Gasteiger partial charge in [0.15, 0.2) is 0 Å². The topological polar surface area (TPSA) is 8.17 Å². The van der Waals surface area contributed by atoms with Crippen LogP contribution in [0.2, 0.25) is 0 Å². The molecule has 9 rings (SSSR count). The molecule has 0 aliphatic heterocycles. The first kappa shape index (κ1) is 27.5. The molecule has 1 aromatic heterocycles. The van der Waals surface area contributed by atoms with Crippen LogP contribution in [0.25, 0.3) is 49.7 Å². The predicted octanol–water partition coefficient (Wildman–Crippen LogP) is 12.2. The summed E-state index contributed by atoms with van der Waals surface area (Å²) in [6, 6.07) is 61.8. The molecule has 1 heterocycles. The van der Waals surface area contributed by atoms with Gasteiger partial charge in [-0.05, 0) is 88.0 Å². The van der Waals surface area contributed by atoms with Crippen LogP contribution in [0.4, 0.5) is 17.1 Å². The van der Waals surface area contributed by atoms with Crippen molar-refractivity contribution < 1.29 is 0 Å². The zero-order chi connectivity index (χ0) is 31.5. The lowest BCUT2D eigenvalue weighted by molar-refractivity contribution is 0.660. The lowest BCUT2D eigenvalue weighted by Crippen LogP contribution is -2.16. The van der Waals surface area contributed by atoms with Crippen molar-refractivity contribution in [3.63, 3.8) is 0 Å². The zero-order valence-electron chi connectivity index (χ0n) is 26.6. The Labute approximate surface area is 275 Å². The minimum Gasteiger partial charge on any atom is -0.310 e. The summed E-state index contributed by atoms with van der Waals surface area (Å²) in [7, 11) is 0. The van der Waals surface area contributed by atoms with Gasteiger partial charge in [0.2, 0.25) is 0 Å². The van der Waals surface area contributed by atoms with E-state index in [1.54, 1.807) is 0 Å². The normalized spacial score (nSPS) is 13.1. The van der Waals surface area contributed by atoms with Crippen LogP contribution in [0.1, 0.15) is 25.0 Å². The van der Waals surface area contributed by atoms with E-state index < -0.39 is 0 Å². The third-order valence-corrected chi connectivity index (χ3v) is 9.95. The minimum atomic E-state index is -0.0941. The number of rotatable bonds is 5. The van der Waals surface area contributed by atoms with E-state index in [0.717, 1.165) is 22.7 Å². The molecule has 0 spiro atoms. The summed E-state index contributed by atoms with van der Waals surface area (Å²) in [5.74, 6) is 0. The van der Waals surface area contributed by atoms with Gasteiger partial charge < -0.3 is 9.47 Å². The Hall–Kier alpha value is -5.86. The highest BCUT2D eigenvalue weighted by molar-refractivity contribution is 6.17. The Balaban J connectivity index is 1.36. The summed E-state index contributed by atoms with van der Waals surface area (Å²) in [5, 5.41) is 2.51. The lowest BCUT2D eigenvalue weighted by atomic mass is 9.82. The van der Waals surface area contributed by atoms with E-state index in [1.807, 2.05) is 0 Å². The number of para-hydroxylation sites is 3. The molecule has 8 aromatic rings. The Bertz CT molecular complexity index is 2420. The van der Waals surface area contributed by atoms with E-state index in [2.05, 4.69) is 193 Å². The monoisotopic (exact) mass is 602 g/mol. The molecule has 47 heavy (non-hydrogen) atoms. The highest BCUT2D eigenvalue weighted by Gasteiger charge is 2.35. The predicted molar refractivity (Wildman–Crippen MR) is 198 cm³/mol. The third kappa shape index (κ3) is 4.26. The van der Waals surface area contributed by atoms with Crippen LogP contribution in [-0.4, -0.2) is 4.57 Å². The molecule has 0 unspecified atom stereocenters. The molecular weight excluding hydrogens is 569 g/mol. The standard InChI is InChI=1S/C45H34N2/c1-45(2)40-24-14-12-22-36(40)37-27-26-34(29-41(37)45)46(32-18-8-4-9-19-32)35-28-39(31-16-6-3-7-17-31)44-38-23-13-15-25-42(38)47(43(44)30-35)33-20-10-5-11-21-33/h3-30H,1-2H3. The van der Waals surface area contributed by atoms with E-state index in [0.29, 0.717) is 0 Å². The molecule has 224 valence electrons. The first-order chi connectivity index (χ1) is 23.1. The van der Waals surface area contributed by atoms with Gasteiger partial charge >= 0.3 is 0 Å². The van der Waals surface area contributed by atoms with Crippen molar-refractivity contribution in [2.45, 2.75) is 19.3 Å². The van der Waals surface area contributed by atoms with E-state index in [-0.39, 0.29) is 5.41 Å². The maximum atomic E-state index is 2.43. The van der Waals surface area contributed by atoms with Crippen molar-refractivity contribution in [3.8, 4) is 27.9 Å². The second kappa shape index (κ2) is 10.6. The number of anilines is 3. The number of aromatic nitrogens is 1. The summed E-state index contributed by atoms with van der Waals surface area (Å²) in [6.07, 6.45) is 0. The average Bonchev–Trinajstić information content (AvgIpc) is 3.58. The largest absolute Gasteiger partial charge is 0.310 e. The maximum absolute atomic E-state index is 2.43. The van der Waals surface area contributed by atoms with Gasteiger partial charge in [0.1, 0.15) is 0 Å². The molecule has 7 aromatic carbocycles. The Morgan fingerprint density at radius 2 is 1.09 bits per heavy atom. The van der Waals surface area contributed by atoms with Gasteiger partial charge in [0.25, 0.3) is 0 Å². The number of hydrogen-bond donors (Lipinski definition) is 0. The molecule has 1 aliphatic rings. The van der Waals surface area contributed by atoms with E-state index in [4.69, 9.17) is 0 Å². The van der Waals surface area contributed by atoms with Gasteiger partial charge in [-0.2, -0.15) is 0 Å². The molecule has 0 bridgehead atoms. The molecule has 0 atom stereocenters. The number of hydrogen-bond acceptors (Lipinski definition) is 1. The Morgan fingerprint density at radius 3 is 1.87 bits per heavy atom. The number of nitrogens with zero attached hydrogens (tertiary/aromatic N) is 2. The second-order valence-electron chi connectivity index (χ2n) is 13.0. The first-order valence-electron chi connectivity index (χ1n) is 16.4. The van der Waals surface area contributed by atoms with Crippen LogP contribution in [0, 0.1) is 0 Å². The molecular formula is C45H34N2. The van der Waals surface area contributed by atoms with Crippen molar-refractivity contribution in [1.29, 1.82) is 0 Å². The fourth-order valence-corrected chi connectivity index (χ4v) is 7.77. The molecule has 2 heteroatoms. The van der Waals surface area contributed by atoms with Crippen LogP contribution >= 0.6 is 0 Å². The average molecular weight is 603 g/mol.